The zero-order valence-corrected chi connectivity index (χ0v) is 17.3. The molecule has 3 N–H and O–H groups in total. The number of benzene rings is 1. The van der Waals surface area contributed by atoms with E-state index in [1.165, 1.54) is 12.1 Å². The largest absolute Gasteiger partial charge is 0.394 e. The number of ether oxygens (including phenoxy) is 3. The fraction of sp³-hybridized carbons (Fsp3) is 0.545. The molecule has 1 aromatic rings. The summed E-state index contributed by atoms with van der Waals surface area (Å²) in [7, 11) is 0. The van der Waals surface area contributed by atoms with E-state index in [0.29, 0.717) is 19.6 Å². The Morgan fingerprint density at radius 2 is 1.68 bits per heavy atom. The van der Waals surface area contributed by atoms with Crippen LogP contribution in [0, 0.1) is 0 Å². The molecular weight excluding hydrogens is 406 g/mol. The zero-order chi connectivity index (χ0) is 22.4. The Labute approximate surface area is 180 Å². The molecule has 2 aliphatic rings. The number of hydrogen-bond donors (Lipinski definition) is 3. The van der Waals surface area contributed by atoms with Gasteiger partial charge >= 0.3 is 0 Å². The van der Waals surface area contributed by atoms with E-state index in [-0.39, 0.29) is 17.7 Å². The van der Waals surface area contributed by atoms with Crippen molar-refractivity contribution in [3.8, 4) is 0 Å². The minimum atomic E-state index is -1.54. The lowest BCUT2D eigenvalue weighted by atomic mass is 9.95. The molecule has 1 saturated heterocycles. The summed E-state index contributed by atoms with van der Waals surface area (Å²) in [5.74, 6) is -1.17. The Morgan fingerprint density at radius 3 is 2.29 bits per heavy atom. The van der Waals surface area contributed by atoms with Crippen molar-refractivity contribution in [2.45, 2.75) is 49.9 Å². The van der Waals surface area contributed by atoms with E-state index in [4.69, 9.17) is 14.2 Å². The summed E-state index contributed by atoms with van der Waals surface area (Å²) in [6.07, 6.45) is -1.32. The number of rotatable bonds is 11. The molecule has 2 aliphatic heterocycles. The summed E-state index contributed by atoms with van der Waals surface area (Å²) in [5.41, 5.74) is 0.438. The van der Waals surface area contributed by atoms with Crippen molar-refractivity contribution in [1.29, 1.82) is 0 Å². The molecule has 2 heterocycles. The van der Waals surface area contributed by atoms with E-state index < -0.39 is 49.1 Å². The molecule has 0 radical (unpaired) electrons. The number of unbranched alkanes of at least 4 members (excludes halogenated alkanes) is 2. The minimum absolute atomic E-state index is 0.219. The van der Waals surface area contributed by atoms with Gasteiger partial charge in [-0.25, -0.2) is 0 Å². The van der Waals surface area contributed by atoms with E-state index in [1.807, 2.05) is 0 Å². The van der Waals surface area contributed by atoms with Crippen LogP contribution in [0.2, 0.25) is 0 Å². The molecule has 170 valence electrons. The smallest absolute Gasteiger partial charge is 0.262 e. The van der Waals surface area contributed by atoms with Gasteiger partial charge < -0.3 is 29.5 Å². The van der Waals surface area contributed by atoms with Crippen molar-refractivity contribution in [3.63, 3.8) is 0 Å². The van der Waals surface area contributed by atoms with E-state index in [1.54, 1.807) is 18.2 Å². The summed E-state index contributed by atoms with van der Waals surface area (Å²) in [5, 5.41) is 30.5. The number of fused-ring (bicyclic) bond motifs is 1. The monoisotopic (exact) mass is 435 g/mol. The number of carbonyl (C=O) groups excluding carboxylic acids is 2. The lowest BCUT2D eigenvalue weighted by Crippen LogP contribution is -2.65. The highest BCUT2D eigenvalue weighted by atomic mass is 16.7. The Kier molecular flexibility index (Phi) is 8.30. The summed E-state index contributed by atoms with van der Waals surface area (Å²) in [6.45, 7) is 4.37. The van der Waals surface area contributed by atoms with Crippen molar-refractivity contribution in [2.75, 3.05) is 26.4 Å². The lowest BCUT2D eigenvalue weighted by molar-refractivity contribution is -0.279. The molecule has 0 aliphatic carbocycles. The summed E-state index contributed by atoms with van der Waals surface area (Å²) in [4.78, 5) is 26.7. The maximum atomic E-state index is 12.9. The molecule has 1 aromatic carbocycles. The predicted molar refractivity (Wildman–Crippen MR) is 109 cm³/mol. The standard InChI is InChI=1S/C22H29NO8/c1-2-10-29-11-6-3-7-12-30-22-17(19(26)18(25)16(13-24)31-22)23-20(27)14-8-4-5-9-15(14)21(23)28/h2,4-5,8-9,16-19,22,24-26H,1,3,6-7,10-13H2/t16-,17-,18-,19-,22-/m1/s1. The lowest BCUT2D eigenvalue weighted by Gasteiger charge is -2.44. The third-order valence-corrected chi connectivity index (χ3v) is 5.42. The van der Waals surface area contributed by atoms with Gasteiger partial charge in [-0.2, -0.15) is 0 Å². The maximum absolute atomic E-state index is 12.9. The van der Waals surface area contributed by atoms with Gasteiger partial charge in [-0.05, 0) is 31.4 Å². The molecule has 5 atom stereocenters. The van der Waals surface area contributed by atoms with Crippen LogP contribution in [-0.2, 0) is 14.2 Å². The molecular formula is C22H29NO8. The van der Waals surface area contributed by atoms with Gasteiger partial charge in [0.05, 0.1) is 24.3 Å². The van der Waals surface area contributed by atoms with Crippen LogP contribution in [0.15, 0.2) is 36.9 Å². The summed E-state index contributed by atoms with van der Waals surface area (Å²) >= 11 is 0. The first-order valence-corrected chi connectivity index (χ1v) is 10.4. The van der Waals surface area contributed by atoms with Gasteiger partial charge in [-0.15, -0.1) is 6.58 Å². The van der Waals surface area contributed by atoms with Crippen LogP contribution in [0.4, 0.5) is 0 Å². The normalized spacial score (nSPS) is 28.1. The second-order valence-electron chi connectivity index (χ2n) is 7.52. The molecule has 3 rings (SSSR count). The molecule has 9 nitrogen and oxygen atoms in total. The van der Waals surface area contributed by atoms with Gasteiger partial charge in [0.2, 0.25) is 0 Å². The second kappa shape index (κ2) is 10.9. The summed E-state index contributed by atoms with van der Waals surface area (Å²) < 4.78 is 16.7. The molecule has 1 fully saturated rings. The number of aliphatic hydroxyl groups excluding tert-OH is 3. The van der Waals surface area contributed by atoms with Gasteiger partial charge in [-0.3, -0.25) is 14.5 Å². The van der Waals surface area contributed by atoms with E-state index >= 15 is 0 Å². The number of hydrogen-bond acceptors (Lipinski definition) is 8. The maximum Gasteiger partial charge on any atom is 0.262 e. The molecule has 0 aromatic heterocycles. The van der Waals surface area contributed by atoms with Crippen molar-refractivity contribution in [1.82, 2.24) is 4.90 Å². The average molecular weight is 435 g/mol. The third kappa shape index (κ3) is 5.03. The molecule has 0 unspecified atom stereocenters. The molecule has 9 heteroatoms. The Bertz CT molecular complexity index is 750. The molecule has 2 amide bonds. The average Bonchev–Trinajstić information content (AvgIpc) is 3.03. The highest BCUT2D eigenvalue weighted by Gasteiger charge is 2.53. The topological polar surface area (TPSA) is 126 Å². The van der Waals surface area contributed by atoms with Crippen LogP contribution in [0.25, 0.3) is 0 Å². The number of aliphatic hydroxyl groups is 3. The minimum Gasteiger partial charge on any atom is -0.394 e. The van der Waals surface area contributed by atoms with Gasteiger partial charge in [-0.1, -0.05) is 18.2 Å². The van der Waals surface area contributed by atoms with E-state index in [2.05, 4.69) is 6.58 Å². The van der Waals surface area contributed by atoms with Gasteiger partial charge in [0.1, 0.15) is 24.4 Å². The van der Waals surface area contributed by atoms with E-state index in [9.17, 15) is 24.9 Å². The van der Waals surface area contributed by atoms with Crippen LogP contribution < -0.4 is 0 Å². The SMILES string of the molecule is C=CCOCCCCCO[C@@H]1O[C@H](CO)[C@@H](O)[C@H](O)[C@H]1N1C(=O)c2ccccc2C1=O. The van der Waals surface area contributed by atoms with Crippen molar-refractivity contribution < 1.29 is 39.1 Å². The molecule has 0 saturated carbocycles. The van der Waals surface area contributed by atoms with Crippen molar-refractivity contribution in [3.05, 3.63) is 48.0 Å². The first-order chi connectivity index (χ1) is 15.0. The molecule has 0 bridgehead atoms. The molecule has 0 spiro atoms. The second-order valence-corrected chi connectivity index (χ2v) is 7.52. The highest BCUT2D eigenvalue weighted by molar-refractivity contribution is 6.21. The van der Waals surface area contributed by atoms with Crippen LogP contribution in [-0.4, -0.2) is 89.1 Å². The molecule has 31 heavy (non-hydrogen) atoms. The third-order valence-electron chi connectivity index (χ3n) is 5.42. The number of amides is 2. The number of carbonyl (C=O) groups is 2. The fourth-order valence-corrected chi connectivity index (χ4v) is 3.81. The van der Waals surface area contributed by atoms with Crippen molar-refractivity contribution >= 4 is 11.8 Å². The van der Waals surface area contributed by atoms with Crippen LogP contribution in [0.1, 0.15) is 40.0 Å². The zero-order valence-electron chi connectivity index (χ0n) is 17.3. The van der Waals surface area contributed by atoms with Crippen LogP contribution in [0.5, 0.6) is 0 Å². The van der Waals surface area contributed by atoms with Crippen molar-refractivity contribution in [2.24, 2.45) is 0 Å². The fourth-order valence-electron chi connectivity index (χ4n) is 3.81. The Hall–Kier alpha value is -2.14. The van der Waals surface area contributed by atoms with Gasteiger partial charge in [0, 0.05) is 13.2 Å². The first kappa shape index (κ1) is 23.5. The quantitative estimate of drug-likeness (QED) is 0.260. The Morgan fingerprint density at radius 1 is 1.03 bits per heavy atom. The van der Waals surface area contributed by atoms with Gasteiger partial charge in [0.25, 0.3) is 11.8 Å². The van der Waals surface area contributed by atoms with Crippen LogP contribution in [0.3, 0.4) is 0 Å². The predicted octanol–water partition coefficient (Wildman–Crippen LogP) is 0.480. The van der Waals surface area contributed by atoms with Gasteiger partial charge in [0.15, 0.2) is 6.29 Å². The number of nitrogens with zero attached hydrogens (tertiary/aromatic N) is 1. The first-order valence-electron chi connectivity index (χ1n) is 10.4. The highest BCUT2D eigenvalue weighted by Crippen LogP contribution is 2.32. The van der Waals surface area contributed by atoms with Crippen LogP contribution >= 0.6 is 0 Å². The summed E-state index contributed by atoms with van der Waals surface area (Å²) in [6, 6.07) is 5.10. The van der Waals surface area contributed by atoms with E-state index in [0.717, 1.165) is 17.7 Å². The Balaban J connectivity index is 1.68. The number of imide groups is 1.